The molecule has 4 aromatic rings. The van der Waals surface area contributed by atoms with E-state index >= 15 is 8.78 Å². The molecule has 0 spiro atoms. The molecule has 1 atom stereocenters. The highest BCUT2D eigenvalue weighted by molar-refractivity contribution is 14.1. The Morgan fingerprint density at radius 1 is 0.903 bits per heavy atom. The average Bonchev–Trinajstić information content (AvgIpc) is 3.59. The Labute approximate surface area is 371 Å². The number of unbranched alkanes of at least 4 members (excludes halogenated alkanes) is 4. The summed E-state index contributed by atoms with van der Waals surface area (Å²) in [6.07, 6.45) is 8.16. The van der Waals surface area contributed by atoms with Crippen molar-refractivity contribution < 1.29 is 37.1 Å². The number of benzene rings is 3. The number of nitrogens with zero attached hydrogens (tertiary/aromatic N) is 6. The molecule has 3 N–H and O–H groups in total. The van der Waals surface area contributed by atoms with E-state index < -0.39 is 35.4 Å². The zero-order valence-electron chi connectivity index (χ0n) is 34.4. The summed E-state index contributed by atoms with van der Waals surface area (Å²) in [7, 11) is 0. The van der Waals surface area contributed by atoms with Crippen LogP contribution in [-0.4, -0.2) is 107 Å². The molecule has 5 amide bonds. The summed E-state index contributed by atoms with van der Waals surface area (Å²) in [5.74, 6) is -1.92. The van der Waals surface area contributed by atoms with Gasteiger partial charge in [-0.15, -0.1) is 0 Å². The van der Waals surface area contributed by atoms with Crippen LogP contribution in [0.15, 0.2) is 42.7 Å². The van der Waals surface area contributed by atoms with Gasteiger partial charge in [-0.05, 0) is 105 Å². The highest BCUT2D eigenvalue weighted by atomic mass is 127. The molecule has 0 aliphatic carbocycles. The second kappa shape index (κ2) is 19.1. The van der Waals surface area contributed by atoms with Gasteiger partial charge in [0.1, 0.15) is 41.1 Å². The number of piperidine rings is 2. The first-order valence-corrected chi connectivity index (χ1v) is 23.0. The first kappa shape index (κ1) is 43.6. The van der Waals surface area contributed by atoms with Crippen LogP contribution in [0.25, 0.3) is 22.0 Å². The van der Waals surface area contributed by atoms with E-state index in [0.29, 0.717) is 59.5 Å². The van der Waals surface area contributed by atoms with Crippen LogP contribution in [0.5, 0.6) is 5.75 Å². The number of amides is 5. The quantitative estimate of drug-likeness (QED) is 0.0600. The Kier molecular flexibility index (Phi) is 13.5. The summed E-state index contributed by atoms with van der Waals surface area (Å²) in [5.41, 5.74) is 8.29. The number of aromatic nitrogens is 2. The maximum absolute atomic E-state index is 16.6. The lowest BCUT2D eigenvalue weighted by atomic mass is 9.85. The number of urea groups is 1. The zero-order chi connectivity index (χ0) is 43.5. The van der Waals surface area contributed by atoms with Gasteiger partial charge < -0.3 is 30.1 Å². The molecule has 13 nitrogen and oxygen atoms in total. The molecule has 1 aromatic heterocycles. The topological polar surface area (TPSA) is 154 Å². The van der Waals surface area contributed by atoms with Crippen LogP contribution in [0.4, 0.5) is 23.8 Å². The van der Waals surface area contributed by atoms with Crippen LogP contribution in [0.3, 0.4) is 0 Å². The minimum atomic E-state index is -0.738. The van der Waals surface area contributed by atoms with Gasteiger partial charge in [-0.25, -0.2) is 27.9 Å². The molecule has 3 fully saturated rings. The molecule has 0 radical (unpaired) electrons. The number of nitrogens with two attached hydrogens (primary N) is 1. The molecule has 0 saturated carbocycles. The molecular weight excluding hydrogens is 916 g/mol. The number of carbonyl (C=O) groups is 4. The van der Waals surface area contributed by atoms with Gasteiger partial charge in [0.05, 0.1) is 12.2 Å². The van der Waals surface area contributed by atoms with E-state index in [1.54, 1.807) is 23.1 Å². The molecule has 8 rings (SSSR count). The molecule has 3 aromatic carbocycles. The lowest BCUT2D eigenvalue weighted by Crippen LogP contribution is -2.52. The van der Waals surface area contributed by atoms with Gasteiger partial charge in [0, 0.05) is 60.1 Å². The molecular formula is C45H50F3IN8O5. The highest BCUT2D eigenvalue weighted by Gasteiger charge is 2.41. The number of halogens is 4. The Balaban J connectivity index is 0.811. The standard InChI is InChI=1S/C45H50F3IN8O5/c46-29-22-30(33-25-57(44(60)31(33)23-29)35-9-10-37(58)53-43(35)59)27-11-14-54(15-12-27)13-4-2-1-3-5-20-62-36-8-6-7-34(47)39(36)38-28(24-49)21-32-41(40(38)48)51-26-52-42(32)55-16-18-56(19-17-55)45(50)61/h6-8,21-23,26-27,35H,1-5,9-20,24-25H2,(H2,50,61)(H,53,58,59). The number of hydrogen-bond acceptors (Lipinski definition) is 9. The molecule has 5 heterocycles. The van der Waals surface area contributed by atoms with Crippen molar-refractivity contribution in [2.45, 2.75) is 80.7 Å². The van der Waals surface area contributed by atoms with E-state index in [4.69, 9.17) is 10.5 Å². The minimum Gasteiger partial charge on any atom is -0.493 e. The number of rotatable bonds is 14. The predicted molar refractivity (Wildman–Crippen MR) is 235 cm³/mol. The van der Waals surface area contributed by atoms with Crippen molar-refractivity contribution in [2.24, 2.45) is 5.73 Å². The van der Waals surface area contributed by atoms with Crippen molar-refractivity contribution in [3.63, 3.8) is 0 Å². The van der Waals surface area contributed by atoms with Crippen LogP contribution >= 0.6 is 22.6 Å². The largest absolute Gasteiger partial charge is 0.493 e. The first-order valence-electron chi connectivity index (χ1n) is 21.4. The van der Waals surface area contributed by atoms with Gasteiger partial charge in [0.2, 0.25) is 11.8 Å². The summed E-state index contributed by atoms with van der Waals surface area (Å²) in [4.78, 5) is 65.4. The number of anilines is 1. The van der Waals surface area contributed by atoms with E-state index in [1.807, 2.05) is 11.0 Å². The van der Waals surface area contributed by atoms with E-state index in [-0.39, 0.29) is 59.5 Å². The van der Waals surface area contributed by atoms with Crippen molar-refractivity contribution in [2.75, 3.05) is 57.3 Å². The molecule has 3 saturated heterocycles. The molecule has 62 heavy (non-hydrogen) atoms. The van der Waals surface area contributed by atoms with Crippen LogP contribution in [0.2, 0.25) is 0 Å². The fraction of sp³-hybridized carbons (Fsp3) is 0.467. The van der Waals surface area contributed by atoms with E-state index in [2.05, 4.69) is 42.8 Å². The van der Waals surface area contributed by atoms with E-state index in [1.165, 1.54) is 23.4 Å². The predicted octanol–water partition coefficient (Wildman–Crippen LogP) is 6.82. The Hall–Kier alpha value is -5.04. The molecule has 0 bridgehead atoms. The number of carbonyl (C=O) groups excluding carboxylic acids is 4. The van der Waals surface area contributed by atoms with Crippen molar-refractivity contribution in [1.29, 1.82) is 0 Å². The van der Waals surface area contributed by atoms with Crippen molar-refractivity contribution in [1.82, 2.24) is 30.0 Å². The smallest absolute Gasteiger partial charge is 0.314 e. The van der Waals surface area contributed by atoms with Crippen LogP contribution < -0.4 is 20.7 Å². The maximum atomic E-state index is 16.6. The van der Waals surface area contributed by atoms with Crippen molar-refractivity contribution >= 4 is 63.1 Å². The van der Waals surface area contributed by atoms with Gasteiger partial charge in [-0.2, -0.15) is 0 Å². The Morgan fingerprint density at radius 2 is 1.66 bits per heavy atom. The van der Waals surface area contributed by atoms with Gasteiger partial charge in [0.25, 0.3) is 5.91 Å². The lowest BCUT2D eigenvalue weighted by Gasteiger charge is -2.35. The molecule has 328 valence electrons. The van der Waals surface area contributed by atoms with Gasteiger partial charge >= 0.3 is 6.03 Å². The van der Waals surface area contributed by atoms with Gasteiger partial charge in [-0.3, -0.25) is 19.7 Å². The number of fused-ring (bicyclic) bond motifs is 2. The first-order chi connectivity index (χ1) is 30.0. The fourth-order valence-corrected chi connectivity index (χ4v) is 10.1. The summed E-state index contributed by atoms with van der Waals surface area (Å²) in [6, 6.07) is 7.97. The second-order valence-electron chi connectivity index (χ2n) is 16.5. The van der Waals surface area contributed by atoms with Crippen molar-refractivity contribution in [3.8, 4) is 16.9 Å². The molecule has 4 aliphatic heterocycles. The van der Waals surface area contributed by atoms with Crippen molar-refractivity contribution in [3.05, 3.63) is 82.4 Å². The molecule has 4 aliphatic rings. The average molecular weight is 967 g/mol. The third kappa shape index (κ3) is 9.05. The number of imide groups is 1. The number of primary amides is 1. The SMILES string of the molecule is NC(=O)N1CCN(c2ncnc3c(F)c(-c4c(F)cccc4OCCCCCCCN4CCC(c5cc(F)cc6c5CN(C5CCC(=O)NC5=O)C6=O)CC4)c(CI)cc23)CC1. The molecule has 1 unspecified atom stereocenters. The lowest BCUT2D eigenvalue weighted by molar-refractivity contribution is -0.136. The monoisotopic (exact) mass is 966 g/mol. The highest BCUT2D eigenvalue weighted by Crippen LogP contribution is 2.42. The maximum Gasteiger partial charge on any atom is 0.314 e. The fourth-order valence-electron chi connectivity index (χ4n) is 9.47. The number of hydrogen-bond donors (Lipinski definition) is 2. The van der Waals surface area contributed by atoms with Gasteiger partial charge in [-0.1, -0.05) is 47.9 Å². The van der Waals surface area contributed by atoms with E-state index in [0.717, 1.165) is 75.7 Å². The van der Waals surface area contributed by atoms with Crippen LogP contribution in [-0.2, 0) is 20.6 Å². The number of piperazine rings is 1. The summed E-state index contributed by atoms with van der Waals surface area (Å²) < 4.78 is 53.7. The Bertz CT molecular complexity index is 2370. The number of nitrogens with one attached hydrogen (secondary N) is 1. The van der Waals surface area contributed by atoms with Gasteiger partial charge in [0.15, 0.2) is 5.82 Å². The summed E-state index contributed by atoms with van der Waals surface area (Å²) >= 11 is 2.15. The number of alkyl halides is 1. The third-order valence-corrected chi connectivity index (χ3v) is 13.6. The molecule has 17 heteroatoms. The normalized spacial score (nSPS) is 18.7. The Morgan fingerprint density at radius 3 is 2.40 bits per heavy atom. The number of likely N-dealkylation sites (tertiary alicyclic amines) is 1. The minimum absolute atomic E-state index is 0.0713. The third-order valence-electron chi connectivity index (χ3n) is 12.7. The summed E-state index contributed by atoms with van der Waals surface area (Å²) in [5, 5.41) is 2.84. The summed E-state index contributed by atoms with van der Waals surface area (Å²) in [6.45, 7) is 5.07. The van der Waals surface area contributed by atoms with Crippen LogP contribution in [0, 0.1) is 17.5 Å². The zero-order valence-corrected chi connectivity index (χ0v) is 36.6. The van der Waals surface area contributed by atoms with E-state index in [9.17, 15) is 23.6 Å². The van der Waals surface area contributed by atoms with Crippen LogP contribution in [0.1, 0.15) is 90.8 Å². The number of ether oxygens (including phenoxy) is 1. The second-order valence-corrected chi connectivity index (χ2v) is 17.3.